The van der Waals surface area contributed by atoms with Gasteiger partial charge in [-0.1, -0.05) is 0 Å². The van der Waals surface area contributed by atoms with Crippen molar-refractivity contribution in [1.29, 1.82) is 0 Å². The second kappa shape index (κ2) is 6.92. The topological polar surface area (TPSA) is 54.0 Å². The summed E-state index contributed by atoms with van der Waals surface area (Å²) in [4.78, 5) is 2.46. The Morgan fingerprint density at radius 3 is 2.71 bits per heavy atom. The first-order valence-corrected chi connectivity index (χ1v) is 8.13. The van der Waals surface area contributed by atoms with Crippen LogP contribution in [0.4, 0.5) is 0 Å². The quantitative estimate of drug-likeness (QED) is 0.789. The molecule has 5 nitrogen and oxygen atoms in total. The van der Waals surface area contributed by atoms with Gasteiger partial charge in [0.2, 0.25) is 0 Å². The SMILES string of the molecule is CC1COC(CO)CN1CC1(CNC(C)(C)C)CCOC1. The fourth-order valence-corrected chi connectivity index (χ4v) is 3.06. The third-order valence-corrected chi connectivity index (χ3v) is 4.56. The number of ether oxygens (including phenoxy) is 2. The summed E-state index contributed by atoms with van der Waals surface area (Å²) >= 11 is 0. The maximum absolute atomic E-state index is 9.34. The molecule has 124 valence electrons. The van der Waals surface area contributed by atoms with Crippen LogP contribution < -0.4 is 5.32 Å². The maximum atomic E-state index is 9.34. The Labute approximate surface area is 129 Å². The molecule has 0 aromatic heterocycles. The number of aliphatic hydroxyl groups excluding tert-OH is 1. The molecule has 0 bridgehead atoms. The molecule has 0 saturated carbocycles. The van der Waals surface area contributed by atoms with Gasteiger partial charge in [-0.15, -0.1) is 0 Å². The molecule has 2 N–H and O–H groups in total. The van der Waals surface area contributed by atoms with Crippen LogP contribution in [0, 0.1) is 5.41 Å². The van der Waals surface area contributed by atoms with E-state index in [1.807, 2.05) is 0 Å². The van der Waals surface area contributed by atoms with Gasteiger partial charge in [-0.05, 0) is 34.1 Å². The molecule has 2 aliphatic heterocycles. The normalized spacial score (nSPS) is 35.3. The second-order valence-corrected chi connectivity index (χ2v) is 7.82. The van der Waals surface area contributed by atoms with Crippen LogP contribution in [0.3, 0.4) is 0 Å². The molecular formula is C16H32N2O3. The van der Waals surface area contributed by atoms with Gasteiger partial charge in [-0.25, -0.2) is 0 Å². The van der Waals surface area contributed by atoms with Crippen molar-refractivity contribution in [3.8, 4) is 0 Å². The van der Waals surface area contributed by atoms with Crippen LogP contribution in [-0.2, 0) is 9.47 Å². The van der Waals surface area contributed by atoms with Gasteiger partial charge < -0.3 is 19.9 Å². The third kappa shape index (κ3) is 4.89. The van der Waals surface area contributed by atoms with E-state index < -0.39 is 0 Å². The van der Waals surface area contributed by atoms with Crippen LogP contribution in [-0.4, -0.2) is 73.8 Å². The number of hydrogen-bond acceptors (Lipinski definition) is 5. The number of morpholine rings is 1. The zero-order valence-electron chi connectivity index (χ0n) is 14.0. The summed E-state index contributed by atoms with van der Waals surface area (Å²) < 4.78 is 11.4. The molecule has 0 aliphatic carbocycles. The predicted octanol–water partition coefficient (Wildman–Crippen LogP) is 0.863. The van der Waals surface area contributed by atoms with Crippen molar-refractivity contribution in [1.82, 2.24) is 10.2 Å². The molecule has 0 aromatic carbocycles. The maximum Gasteiger partial charge on any atom is 0.0933 e. The third-order valence-electron chi connectivity index (χ3n) is 4.56. The van der Waals surface area contributed by atoms with Crippen molar-refractivity contribution in [2.75, 3.05) is 46.1 Å². The summed E-state index contributed by atoms with van der Waals surface area (Å²) in [6, 6.07) is 0.403. The Kier molecular flexibility index (Phi) is 5.65. The summed E-state index contributed by atoms with van der Waals surface area (Å²) in [5.41, 5.74) is 0.304. The Morgan fingerprint density at radius 1 is 1.38 bits per heavy atom. The Morgan fingerprint density at radius 2 is 2.14 bits per heavy atom. The molecule has 0 aromatic rings. The van der Waals surface area contributed by atoms with Crippen molar-refractivity contribution in [2.45, 2.75) is 51.8 Å². The fourth-order valence-electron chi connectivity index (χ4n) is 3.06. The number of nitrogens with zero attached hydrogens (tertiary/aromatic N) is 1. The monoisotopic (exact) mass is 300 g/mol. The molecule has 3 unspecified atom stereocenters. The Bertz CT molecular complexity index is 324. The van der Waals surface area contributed by atoms with Crippen LogP contribution in [0.25, 0.3) is 0 Å². The highest BCUT2D eigenvalue weighted by Gasteiger charge is 2.39. The van der Waals surface area contributed by atoms with Crippen LogP contribution >= 0.6 is 0 Å². The van der Waals surface area contributed by atoms with E-state index in [4.69, 9.17) is 9.47 Å². The van der Waals surface area contributed by atoms with Gasteiger partial charge in [0.25, 0.3) is 0 Å². The highest BCUT2D eigenvalue weighted by Crippen LogP contribution is 2.31. The van der Waals surface area contributed by atoms with Crippen LogP contribution in [0.1, 0.15) is 34.1 Å². The smallest absolute Gasteiger partial charge is 0.0933 e. The molecule has 2 rings (SSSR count). The lowest BCUT2D eigenvalue weighted by molar-refractivity contribution is -0.0886. The van der Waals surface area contributed by atoms with Crippen molar-refractivity contribution >= 4 is 0 Å². The van der Waals surface area contributed by atoms with Gasteiger partial charge in [0.1, 0.15) is 0 Å². The number of rotatable bonds is 5. The zero-order chi connectivity index (χ0) is 15.5. The Hall–Kier alpha value is -0.200. The van der Waals surface area contributed by atoms with Crippen LogP contribution in [0.2, 0.25) is 0 Å². The first-order chi connectivity index (χ1) is 9.84. The lowest BCUT2D eigenvalue weighted by Gasteiger charge is -2.43. The summed E-state index contributed by atoms with van der Waals surface area (Å²) in [6.07, 6.45) is 1.06. The zero-order valence-corrected chi connectivity index (χ0v) is 14.0. The van der Waals surface area contributed by atoms with Crippen molar-refractivity contribution < 1.29 is 14.6 Å². The minimum atomic E-state index is -0.0452. The Balaban J connectivity index is 1.98. The minimum absolute atomic E-state index is 0.0452. The highest BCUT2D eigenvalue weighted by molar-refractivity contribution is 4.92. The molecule has 3 atom stereocenters. The second-order valence-electron chi connectivity index (χ2n) is 7.82. The van der Waals surface area contributed by atoms with E-state index in [0.717, 1.165) is 39.3 Å². The molecule has 2 saturated heterocycles. The summed E-state index contributed by atoms with van der Waals surface area (Å²) in [6.45, 7) is 14.1. The van der Waals surface area contributed by atoms with Gasteiger partial charge in [-0.2, -0.15) is 0 Å². The molecule has 2 heterocycles. The van der Waals surface area contributed by atoms with Gasteiger partial charge in [-0.3, -0.25) is 4.90 Å². The first-order valence-electron chi connectivity index (χ1n) is 8.13. The van der Waals surface area contributed by atoms with E-state index in [1.54, 1.807) is 0 Å². The standard InChI is InChI=1S/C16H32N2O3/c1-13-9-21-14(8-19)7-18(13)11-16(5-6-20-12-16)10-17-15(2,3)4/h13-14,17,19H,5-12H2,1-4H3. The molecule has 0 spiro atoms. The summed E-state index contributed by atoms with van der Waals surface area (Å²) in [5, 5.41) is 13.0. The molecule has 0 radical (unpaired) electrons. The van der Waals surface area contributed by atoms with Crippen LogP contribution in [0.15, 0.2) is 0 Å². The van der Waals surface area contributed by atoms with Crippen molar-refractivity contribution in [3.05, 3.63) is 0 Å². The highest BCUT2D eigenvalue weighted by atomic mass is 16.5. The molecular weight excluding hydrogens is 268 g/mol. The van der Waals surface area contributed by atoms with E-state index >= 15 is 0 Å². The molecule has 21 heavy (non-hydrogen) atoms. The molecule has 2 aliphatic rings. The predicted molar refractivity (Wildman–Crippen MR) is 83.5 cm³/mol. The molecule has 0 amide bonds. The van der Waals surface area contributed by atoms with E-state index in [-0.39, 0.29) is 23.7 Å². The van der Waals surface area contributed by atoms with E-state index in [0.29, 0.717) is 12.6 Å². The minimum Gasteiger partial charge on any atom is -0.394 e. The van der Waals surface area contributed by atoms with Crippen molar-refractivity contribution in [3.63, 3.8) is 0 Å². The largest absolute Gasteiger partial charge is 0.394 e. The van der Waals surface area contributed by atoms with Gasteiger partial charge >= 0.3 is 0 Å². The molecule has 2 fully saturated rings. The number of nitrogens with one attached hydrogen (secondary N) is 1. The first kappa shape index (κ1) is 17.2. The van der Waals surface area contributed by atoms with E-state index in [1.165, 1.54) is 0 Å². The van der Waals surface area contributed by atoms with E-state index in [9.17, 15) is 5.11 Å². The van der Waals surface area contributed by atoms with Gasteiger partial charge in [0, 0.05) is 43.2 Å². The van der Waals surface area contributed by atoms with Gasteiger partial charge in [0.05, 0.1) is 25.9 Å². The average molecular weight is 300 g/mol. The van der Waals surface area contributed by atoms with E-state index in [2.05, 4.69) is 37.9 Å². The van der Waals surface area contributed by atoms with Crippen molar-refractivity contribution in [2.24, 2.45) is 5.41 Å². The number of aliphatic hydroxyl groups is 1. The van der Waals surface area contributed by atoms with Crippen LogP contribution in [0.5, 0.6) is 0 Å². The van der Waals surface area contributed by atoms with Gasteiger partial charge in [0.15, 0.2) is 0 Å². The lowest BCUT2D eigenvalue weighted by Crippen LogP contribution is -2.56. The summed E-state index contributed by atoms with van der Waals surface area (Å²) in [5.74, 6) is 0. The molecule has 5 heteroatoms. The lowest BCUT2D eigenvalue weighted by atomic mass is 9.85. The fraction of sp³-hybridized carbons (Fsp3) is 1.00. The average Bonchev–Trinajstić information content (AvgIpc) is 2.88. The summed E-state index contributed by atoms with van der Waals surface area (Å²) in [7, 11) is 0. The number of hydrogen-bond donors (Lipinski definition) is 2.